The SMILES string of the molecule is CC(c1cccs1)N(C)c1nc2c(cc1CN)CCC2. The predicted molar refractivity (Wildman–Crippen MR) is 85.3 cm³/mol. The first-order chi connectivity index (χ1) is 9.70. The Balaban J connectivity index is 1.96. The zero-order valence-corrected chi connectivity index (χ0v) is 12.9. The molecule has 1 aliphatic carbocycles. The van der Waals surface area contributed by atoms with Gasteiger partial charge in [0, 0.05) is 29.7 Å². The van der Waals surface area contributed by atoms with E-state index in [2.05, 4.69) is 42.5 Å². The fourth-order valence-corrected chi connectivity index (χ4v) is 3.69. The molecule has 3 nitrogen and oxygen atoms in total. The minimum Gasteiger partial charge on any atom is -0.352 e. The normalized spacial score (nSPS) is 15.2. The number of anilines is 1. The Morgan fingerprint density at radius 1 is 1.45 bits per heavy atom. The van der Waals surface area contributed by atoms with Crippen molar-refractivity contribution < 1.29 is 0 Å². The van der Waals surface area contributed by atoms with E-state index >= 15 is 0 Å². The highest BCUT2D eigenvalue weighted by molar-refractivity contribution is 7.10. The highest BCUT2D eigenvalue weighted by Crippen LogP contribution is 2.32. The first-order valence-corrected chi connectivity index (χ1v) is 8.06. The first-order valence-electron chi connectivity index (χ1n) is 7.18. The summed E-state index contributed by atoms with van der Waals surface area (Å²) < 4.78 is 0. The van der Waals surface area contributed by atoms with Gasteiger partial charge in [0.15, 0.2) is 0 Å². The quantitative estimate of drug-likeness (QED) is 0.938. The monoisotopic (exact) mass is 287 g/mol. The van der Waals surface area contributed by atoms with Gasteiger partial charge in [0.25, 0.3) is 0 Å². The summed E-state index contributed by atoms with van der Waals surface area (Å²) in [5.41, 5.74) is 9.76. The molecule has 3 rings (SSSR count). The number of rotatable bonds is 4. The molecule has 106 valence electrons. The molecule has 1 unspecified atom stereocenters. The standard InChI is InChI=1S/C16H21N3S/c1-11(15-7-4-8-20-15)19(2)16-13(10-17)9-12-5-3-6-14(12)18-16/h4,7-9,11H,3,5-6,10,17H2,1-2H3. The lowest BCUT2D eigenvalue weighted by Crippen LogP contribution is -2.24. The van der Waals surface area contributed by atoms with Gasteiger partial charge in [-0.1, -0.05) is 6.07 Å². The van der Waals surface area contributed by atoms with Gasteiger partial charge in [-0.25, -0.2) is 4.98 Å². The average molecular weight is 287 g/mol. The summed E-state index contributed by atoms with van der Waals surface area (Å²) in [6, 6.07) is 6.88. The predicted octanol–water partition coefficient (Wildman–Crippen LogP) is 3.29. The summed E-state index contributed by atoms with van der Waals surface area (Å²) in [4.78, 5) is 8.52. The lowest BCUT2D eigenvalue weighted by atomic mass is 10.1. The molecule has 2 aromatic rings. The molecule has 1 atom stereocenters. The number of thiophene rings is 1. The van der Waals surface area contributed by atoms with Crippen molar-refractivity contribution in [2.24, 2.45) is 5.73 Å². The number of pyridine rings is 1. The number of hydrogen-bond donors (Lipinski definition) is 1. The van der Waals surface area contributed by atoms with Crippen LogP contribution < -0.4 is 10.6 Å². The van der Waals surface area contributed by atoms with E-state index in [-0.39, 0.29) is 0 Å². The molecule has 0 saturated heterocycles. The minimum atomic E-state index is 0.326. The van der Waals surface area contributed by atoms with Crippen molar-refractivity contribution in [1.82, 2.24) is 4.98 Å². The van der Waals surface area contributed by atoms with Crippen LogP contribution in [-0.4, -0.2) is 12.0 Å². The van der Waals surface area contributed by atoms with E-state index in [1.807, 2.05) is 0 Å². The van der Waals surface area contributed by atoms with Gasteiger partial charge in [-0.2, -0.15) is 0 Å². The van der Waals surface area contributed by atoms with Crippen LogP contribution >= 0.6 is 11.3 Å². The van der Waals surface area contributed by atoms with Gasteiger partial charge < -0.3 is 10.6 Å². The fourth-order valence-electron chi connectivity index (χ4n) is 2.87. The Bertz CT molecular complexity index is 592. The summed E-state index contributed by atoms with van der Waals surface area (Å²) in [5, 5.41) is 2.12. The molecule has 2 heterocycles. The van der Waals surface area contributed by atoms with Crippen molar-refractivity contribution in [2.75, 3.05) is 11.9 Å². The molecular formula is C16H21N3S. The third kappa shape index (κ3) is 2.34. The lowest BCUT2D eigenvalue weighted by molar-refractivity contribution is 0.732. The zero-order chi connectivity index (χ0) is 14.1. The molecule has 2 N–H and O–H groups in total. The maximum atomic E-state index is 5.94. The molecule has 0 aromatic carbocycles. The van der Waals surface area contributed by atoms with Crippen molar-refractivity contribution in [3.8, 4) is 0 Å². The number of hydrogen-bond acceptors (Lipinski definition) is 4. The molecule has 0 bridgehead atoms. The molecule has 0 aliphatic heterocycles. The van der Waals surface area contributed by atoms with E-state index in [0.29, 0.717) is 12.6 Å². The summed E-state index contributed by atoms with van der Waals surface area (Å²) in [7, 11) is 2.12. The van der Waals surface area contributed by atoms with Crippen molar-refractivity contribution in [1.29, 1.82) is 0 Å². The Morgan fingerprint density at radius 2 is 2.30 bits per heavy atom. The number of nitrogens with two attached hydrogens (primary N) is 1. The van der Waals surface area contributed by atoms with E-state index < -0.39 is 0 Å². The highest BCUT2D eigenvalue weighted by atomic mass is 32.1. The van der Waals surface area contributed by atoms with E-state index in [1.54, 1.807) is 11.3 Å². The minimum absolute atomic E-state index is 0.326. The van der Waals surface area contributed by atoms with Crippen LogP contribution in [0.1, 0.15) is 41.1 Å². The third-order valence-electron chi connectivity index (χ3n) is 4.20. The van der Waals surface area contributed by atoms with Gasteiger partial charge in [0.05, 0.1) is 6.04 Å². The van der Waals surface area contributed by atoms with Gasteiger partial charge in [0.2, 0.25) is 0 Å². The lowest BCUT2D eigenvalue weighted by Gasteiger charge is -2.27. The summed E-state index contributed by atoms with van der Waals surface area (Å²) in [6.45, 7) is 2.78. The van der Waals surface area contributed by atoms with Crippen molar-refractivity contribution in [2.45, 2.75) is 38.8 Å². The van der Waals surface area contributed by atoms with Crippen molar-refractivity contribution >= 4 is 17.2 Å². The molecule has 0 fully saturated rings. The topological polar surface area (TPSA) is 42.2 Å². The van der Waals surface area contributed by atoms with Gasteiger partial charge in [-0.05, 0) is 49.3 Å². The van der Waals surface area contributed by atoms with Gasteiger partial charge in [0.1, 0.15) is 5.82 Å². The number of aryl methyl sites for hydroxylation is 2. The van der Waals surface area contributed by atoms with E-state index in [9.17, 15) is 0 Å². The molecule has 0 radical (unpaired) electrons. The number of aromatic nitrogens is 1. The van der Waals surface area contributed by atoms with Crippen molar-refractivity contribution in [3.05, 3.63) is 45.3 Å². The number of nitrogens with zero attached hydrogens (tertiary/aromatic N) is 2. The van der Waals surface area contributed by atoms with Gasteiger partial charge in [-0.15, -0.1) is 11.3 Å². The zero-order valence-electron chi connectivity index (χ0n) is 12.1. The first kappa shape index (κ1) is 13.6. The van der Waals surface area contributed by atoms with Gasteiger partial charge >= 0.3 is 0 Å². The van der Waals surface area contributed by atoms with Crippen LogP contribution in [0, 0.1) is 0 Å². The van der Waals surface area contributed by atoms with Crippen LogP contribution in [0.2, 0.25) is 0 Å². The molecule has 1 aliphatic rings. The summed E-state index contributed by atoms with van der Waals surface area (Å²) in [6.07, 6.45) is 3.48. The van der Waals surface area contributed by atoms with Crippen LogP contribution in [0.15, 0.2) is 23.6 Å². The van der Waals surface area contributed by atoms with E-state index in [1.165, 1.54) is 22.6 Å². The maximum absolute atomic E-state index is 5.94. The second-order valence-corrected chi connectivity index (χ2v) is 6.42. The second-order valence-electron chi connectivity index (χ2n) is 5.44. The van der Waals surface area contributed by atoms with Crippen LogP contribution in [0.25, 0.3) is 0 Å². The van der Waals surface area contributed by atoms with Gasteiger partial charge in [-0.3, -0.25) is 0 Å². The van der Waals surface area contributed by atoms with Crippen LogP contribution in [0.3, 0.4) is 0 Å². The Labute approximate surface area is 124 Å². The Hall–Kier alpha value is -1.39. The smallest absolute Gasteiger partial charge is 0.133 e. The Kier molecular flexibility index (Phi) is 3.76. The van der Waals surface area contributed by atoms with Crippen LogP contribution in [0.4, 0.5) is 5.82 Å². The molecule has 2 aromatic heterocycles. The average Bonchev–Trinajstić information content (AvgIpc) is 3.14. The molecule has 0 spiro atoms. The van der Waals surface area contributed by atoms with Crippen molar-refractivity contribution in [3.63, 3.8) is 0 Å². The molecule has 0 amide bonds. The fraction of sp³-hybridized carbons (Fsp3) is 0.438. The molecule has 20 heavy (non-hydrogen) atoms. The van der Waals surface area contributed by atoms with Crippen LogP contribution in [0.5, 0.6) is 0 Å². The van der Waals surface area contributed by atoms with Crippen LogP contribution in [-0.2, 0) is 19.4 Å². The number of fused-ring (bicyclic) bond motifs is 1. The molecule has 0 saturated carbocycles. The van der Waals surface area contributed by atoms with E-state index in [4.69, 9.17) is 10.7 Å². The molecule has 4 heteroatoms. The highest BCUT2D eigenvalue weighted by Gasteiger charge is 2.21. The third-order valence-corrected chi connectivity index (χ3v) is 5.24. The maximum Gasteiger partial charge on any atom is 0.133 e. The Morgan fingerprint density at radius 3 is 3.00 bits per heavy atom. The summed E-state index contributed by atoms with van der Waals surface area (Å²) in [5.74, 6) is 1.05. The second kappa shape index (κ2) is 5.54. The largest absolute Gasteiger partial charge is 0.352 e. The van der Waals surface area contributed by atoms with E-state index in [0.717, 1.165) is 24.2 Å². The summed E-state index contributed by atoms with van der Waals surface area (Å²) >= 11 is 1.79. The molecular weight excluding hydrogens is 266 g/mol.